The lowest BCUT2D eigenvalue weighted by Crippen LogP contribution is -2.32. The zero-order valence-electron chi connectivity index (χ0n) is 16.0. The topological polar surface area (TPSA) is 58.2 Å². The van der Waals surface area contributed by atoms with Crippen molar-refractivity contribution in [1.82, 2.24) is 10.0 Å². The second-order valence-corrected chi connectivity index (χ2v) is 10.3. The lowest BCUT2D eigenvalue weighted by atomic mass is 9.95. The maximum atomic E-state index is 12.7. The van der Waals surface area contributed by atoms with E-state index < -0.39 is 10.0 Å². The average molecular weight is 419 g/mol. The fourth-order valence-corrected chi connectivity index (χ4v) is 5.67. The van der Waals surface area contributed by atoms with Crippen molar-refractivity contribution in [2.24, 2.45) is 5.92 Å². The zero-order chi connectivity index (χ0) is 19.6. The minimum absolute atomic E-state index is 0.233. The van der Waals surface area contributed by atoms with Crippen molar-refractivity contribution >= 4 is 21.6 Å². The van der Waals surface area contributed by atoms with Gasteiger partial charge in [0.15, 0.2) is 0 Å². The molecule has 1 aliphatic heterocycles. The Bertz CT molecular complexity index is 924. The van der Waals surface area contributed by atoms with Crippen LogP contribution < -0.4 is 10.0 Å². The quantitative estimate of drug-likeness (QED) is 0.714. The van der Waals surface area contributed by atoms with Gasteiger partial charge in [-0.25, -0.2) is 13.1 Å². The van der Waals surface area contributed by atoms with Crippen LogP contribution in [0, 0.1) is 5.92 Å². The molecule has 0 spiro atoms. The van der Waals surface area contributed by atoms with Gasteiger partial charge < -0.3 is 5.32 Å². The summed E-state index contributed by atoms with van der Waals surface area (Å²) < 4.78 is 28.4. The molecule has 1 fully saturated rings. The van der Waals surface area contributed by atoms with Gasteiger partial charge in [-0.3, -0.25) is 0 Å². The van der Waals surface area contributed by atoms with E-state index in [0.717, 1.165) is 49.9 Å². The maximum absolute atomic E-state index is 12.7. The Kier molecular flexibility index (Phi) is 6.07. The number of fused-ring (bicyclic) bond motifs is 1. The Morgan fingerprint density at radius 2 is 1.89 bits per heavy atom. The maximum Gasteiger partial charge on any atom is 0.212 e. The second-order valence-electron chi connectivity index (χ2n) is 8.03. The van der Waals surface area contributed by atoms with E-state index in [4.69, 9.17) is 11.6 Å². The molecular formula is C22H27ClN2O2S. The number of rotatable bonds is 7. The number of hydrogen-bond acceptors (Lipinski definition) is 3. The van der Waals surface area contributed by atoms with Crippen molar-refractivity contribution < 1.29 is 8.42 Å². The van der Waals surface area contributed by atoms with Crippen molar-refractivity contribution in [3.8, 4) is 0 Å². The van der Waals surface area contributed by atoms with E-state index in [1.807, 2.05) is 24.3 Å². The van der Waals surface area contributed by atoms with Crippen LogP contribution in [-0.2, 0) is 29.4 Å². The molecule has 1 unspecified atom stereocenters. The molecule has 4 rings (SSSR count). The van der Waals surface area contributed by atoms with Crippen molar-refractivity contribution in [3.63, 3.8) is 0 Å². The summed E-state index contributed by atoms with van der Waals surface area (Å²) in [5.74, 6) is 0.557. The van der Waals surface area contributed by atoms with Crippen LogP contribution in [0.3, 0.4) is 0 Å². The Hall–Kier alpha value is -1.40. The van der Waals surface area contributed by atoms with E-state index in [9.17, 15) is 8.42 Å². The van der Waals surface area contributed by atoms with E-state index in [0.29, 0.717) is 17.4 Å². The third kappa shape index (κ3) is 5.35. The van der Waals surface area contributed by atoms with Gasteiger partial charge in [0, 0.05) is 11.6 Å². The molecule has 0 aromatic heterocycles. The molecular weight excluding hydrogens is 392 g/mol. The van der Waals surface area contributed by atoms with Crippen LogP contribution in [0.4, 0.5) is 0 Å². The number of aryl methyl sites for hydroxylation is 1. The Balaban J connectivity index is 1.61. The fourth-order valence-electron chi connectivity index (χ4n) is 3.84. The summed E-state index contributed by atoms with van der Waals surface area (Å²) in [6.07, 6.45) is 4.85. The third-order valence-corrected chi connectivity index (χ3v) is 7.38. The Labute approximate surface area is 172 Å². The minimum Gasteiger partial charge on any atom is -0.313 e. The Morgan fingerprint density at radius 1 is 1.11 bits per heavy atom. The van der Waals surface area contributed by atoms with Crippen LogP contribution in [0.5, 0.6) is 0 Å². The van der Waals surface area contributed by atoms with E-state index in [1.165, 1.54) is 11.1 Å². The predicted octanol–water partition coefficient (Wildman–Crippen LogP) is 3.99. The van der Waals surface area contributed by atoms with Crippen LogP contribution in [0.1, 0.15) is 47.6 Å². The first-order valence-corrected chi connectivity index (χ1v) is 12.1. The van der Waals surface area contributed by atoms with Gasteiger partial charge >= 0.3 is 0 Å². The molecule has 28 heavy (non-hydrogen) atoms. The summed E-state index contributed by atoms with van der Waals surface area (Å²) in [6, 6.07) is 13.8. The summed E-state index contributed by atoms with van der Waals surface area (Å²) in [6.45, 7) is 1.86. The molecule has 0 amide bonds. The zero-order valence-corrected chi connectivity index (χ0v) is 17.5. The first kappa shape index (κ1) is 19.9. The smallest absolute Gasteiger partial charge is 0.212 e. The predicted molar refractivity (Wildman–Crippen MR) is 114 cm³/mol. The molecule has 2 aromatic carbocycles. The van der Waals surface area contributed by atoms with Gasteiger partial charge in [-0.2, -0.15) is 0 Å². The third-order valence-electron chi connectivity index (χ3n) is 5.57. The Morgan fingerprint density at radius 3 is 2.64 bits per heavy atom. The van der Waals surface area contributed by atoms with Gasteiger partial charge in [0.25, 0.3) is 0 Å². The van der Waals surface area contributed by atoms with E-state index in [2.05, 4.69) is 28.2 Å². The lowest BCUT2D eigenvalue weighted by molar-refractivity contribution is 0.551. The number of nitrogens with one attached hydrogen (secondary N) is 2. The first-order chi connectivity index (χ1) is 13.5. The van der Waals surface area contributed by atoms with Crippen molar-refractivity contribution in [2.75, 3.05) is 12.3 Å². The number of hydrogen-bond donors (Lipinski definition) is 2. The van der Waals surface area contributed by atoms with Crippen LogP contribution in [0.15, 0.2) is 42.5 Å². The number of halogens is 1. The summed E-state index contributed by atoms with van der Waals surface area (Å²) >= 11 is 6.01. The van der Waals surface area contributed by atoms with Crippen LogP contribution in [-0.4, -0.2) is 20.7 Å². The second kappa shape index (κ2) is 8.54. The first-order valence-electron chi connectivity index (χ1n) is 10.1. The summed E-state index contributed by atoms with van der Waals surface area (Å²) in [7, 11) is -3.31. The molecule has 0 saturated heterocycles. The van der Waals surface area contributed by atoms with Gasteiger partial charge in [0.2, 0.25) is 10.0 Å². The van der Waals surface area contributed by atoms with Gasteiger partial charge in [0.1, 0.15) is 0 Å². The molecule has 1 saturated carbocycles. The van der Waals surface area contributed by atoms with Gasteiger partial charge in [0.05, 0.1) is 11.8 Å². The highest BCUT2D eigenvalue weighted by Crippen LogP contribution is 2.31. The summed E-state index contributed by atoms with van der Waals surface area (Å²) in [5.41, 5.74) is 4.73. The van der Waals surface area contributed by atoms with E-state index in [-0.39, 0.29) is 11.8 Å². The van der Waals surface area contributed by atoms with Crippen LogP contribution >= 0.6 is 11.6 Å². The lowest BCUT2D eigenvalue weighted by Gasteiger charge is -2.21. The highest BCUT2D eigenvalue weighted by Gasteiger charge is 2.30. The van der Waals surface area contributed by atoms with Crippen LogP contribution in [0.25, 0.3) is 0 Å². The molecule has 1 aliphatic carbocycles. The summed E-state index contributed by atoms with van der Waals surface area (Å²) in [5, 5.41) is 4.14. The summed E-state index contributed by atoms with van der Waals surface area (Å²) in [4.78, 5) is 0. The van der Waals surface area contributed by atoms with Crippen molar-refractivity contribution in [2.45, 2.75) is 44.7 Å². The highest BCUT2D eigenvalue weighted by atomic mass is 35.5. The molecule has 0 bridgehead atoms. The normalized spacial score (nSPS) is 18.3. The highest BCUT2D eigenvalue weighted by molar-refractivity contribution is 7.89. The van der Waals surface area contributed by atoms with Gasteiger partial charge in [-0.05, 0) is 79.0 Å². The standard InChI is InChI=1S/C22H27ClN2O2S/c23-21-9-5-16(6-10-21)12-22(25-28(26,27)15-17-3-4-17)19-8-7-18-2-1-11-24-14-20(18)13-19/h5-10,13,17,22,24-25H,1-4,11-12,14-15H2. The SMILES string of the molecule is O=S(=O)(CC1CC1)NC(Cc1ccc(Cl)cc1)c1ccc2c(c1)CNCCC2. The monoisotopic (exact) mass is 418 g/mol. The number of benzene rings is 2. The molecule has 1 heterocycles. The van der Waals surface area contributed by atoms with E-state index in [1.54, 1.807) is 0 Å². The largest absolute Gasteiger partial charge is 0.313 e. The van der Waals surface area contributed by atoms with E-state index >= 15 is 0 Å². The average Bonchev–Trinajstić information content (AvgIpc) is 3.48. The molecule has 4 nitrogen and oxygen atoms in total. The fraction of sp³-hybridized carbons (Fsp3) is 0.455. The minimum atomic E-state index is -3.31. The van der Waals surface area contributed by atoms with Crippen molar-refractivity contribution in [3.05, 3.63) is 69.7 Å². The molecule has 2 N–H and O–H groups in total. The van der Waals surface area contributed by atoms with Crippen LogP contribution in [0.2, 0.25) is 5.02 Å². The molecule has 1 atom stereocenters. The molecule has 2 aliphatic rings. The van der Waals surface area contributed by atoms with Gasteiger partial charge in [-0.15, -0.1) is 0 Å². The molecule has 0 radical (unpaired) electrons. The molecule has 150 valence electrons. The molecule has 6 heteroatoms. The number of sulfonamides is 1. The van der Waals surface area contributed by atoms with Gasteiger partial charge in [-0.1, -0.05) is 41.9 Å². The van der Waals surface area contributed by atoms with Crippen molar-refractivity contribution in [1.29, 1.82) is 0 Å². The molecule has 2 aromatic rings.